The first-order chi connectivity index (χ1) is 7.46. The zero-order chi connectivity index (χ0) is 11.8. The quantitative estimate of drug-likeness (QED) is 0.793. The number of pyridine rings is 1. The molecule has 0 aliphatic rings. The summed E-state index contributed by atoms with van der Waals surface area (Å²) >= 11 is 0. The van der Waals surface area contributed by atoms with E-state index in [-0.39, 0.29) is 11.0 Å². The molecule has 4 nitrogen and oxygen atoms in total. The molecule has 84 valence electrons. The van der Waals surface area contributed by atoms with Gasteiger partial charge in [0.2, 0.25) is 0 Å². The number of aromatic amines is 1. The highest BCUT2D eigenvalue weighted by atomic mass is 16.1. The van der Waals surface area contributed by atoms with E-state index in [2.05, 4.69) is 35.7 Å². The van der Waals surface area contributed by atoms with Gasteiger partial charge in [0.1, 0.15) is 12.0 Å². The number of aromatic nitrogens is 3. The molecule has 0 saturated heterocycles. The second-order valence-electron chi connectivity index (χ2n) is 5.19. The lowest BCUT2D eigenvalue weighted by molar-refractivity contribution is 0.409. The second-order valence-corrected chi connectivity index (χ2v) is 5.19. The lowest BCUT2D eigenvalue weighted by Crippen LogP contribution is -2.19. The smallest absolute Gasteiger partial charge is 0.252 e. The summed E-state index contributed by atoms with van der Waals surface area (Å²) in [6, 6.07) is 1.87. The molecule has 0 aromatic carbocycles. The van der Waals surface area contributed by atoms with Crippen LogP contribution in [0.4, 0.5) is 0 Å². The summed E-state index contributed by atoms with van der Waals surface area (Å²) in [6.45, 7) is 6.33. The fourth-order valence-electron chi connectivity index (χ4n) is 1.69. The molecular weight excluding hydrogens is 202 g/mol. The Bertz CT molecular complexity index is 566. The maximum atomic E-state index is 11.8. The summed E-state index contributed by atoms with van der Waals surface area (Å²) in [5.74, 6) is 0. The fourth-order valence-corrected chi connectivity index (χ4v) is 1.69. The number of hydrogen-bond acceptors (Lipinski definition) is 3. The zero-order valence-electron chi connectivity index (χ0n) is 9.74. The molecule has 0 unspecified atom stereocenters. The van der Waals surface area contributed by atoms with Gasteiger partial charge in [-0.05, 0) is 17.9 Å². The molecule has 0 saturated carbocycles. The number of hydrogen-bond donors (Lipinski definition) is 1. The largest absolute Gasteiger partial charge is 0.306 e. The number of fused-ring (bicyclic) bond motifs is 1. The van der Waals surface area contributed by atoms with E-state index in [1.165, 1.54) is 6.33 Å². The van der Waals surface area contributed by atoms with E-state index in [1.807, 2.05) is 6.07 Å². The number of nitrogens with one attached hydrogen (secondary N) is 1. The summed E-state index contributed by atoms with van der Waals surface area (Å²) in [5.41, 5.74) is 1.42. The molecule has 0 fully saturated rings. The van der Waals surface area contributed by atoms with Crippen LogP contribution in [-0.4, -0.2) is 15.0 Å². The second kappa shape index (κ2) is 3.70. The van der Waals surface area contributed by atoms with E-state index in [0.717, 1.165) is 17.4 Å². The third kappa shape index (κ3) is 2.27. The molecule has 2 heterocycles. The van der Waals surface area contributed by atoms with Crippen molar-refractivity contribution in [2.24, 2.45) is 5.41 Å². The molecule has 0 bridgehead atoms. The topological polar surface area (TPSA) is 58.6 Å². The summed E-state index contributed by atoms with van der Waals surface area (Å²) in [6.07, 6.45) is 3.89. The van der Waals surface area contributed by atoms with Crippen LogP contribution in [0.2, 0.25) is 0 Å². The molecular formula is C12H15N3O. The molecule has 2 rings (SSSR count). The van der Waals surface area contributed by atoms with Gasteiger partial charge in [0.05, 0.1) is 0 Å². The SMILES string of the molecule is CC(C)(C)Cc1cc2cncnc2[nH]c1=O. The van der Waals surface area contributed by atoms with Crippen LogP contribution in [-0.2, 0) is 6.42 Å². The standard InChI is InChI=1S/C12H15N3O/c1-12(2,3)5-8-4-9-6-13-7-14-10(9)15-11(8)16/h4,6-7H,5H2,1-3H3,(H,13,14,15,16). The first-order valence-corrected chi connectivity index (χ1v) is 5.28. The Morgan fingerprint density at radius 3 is 2.81 bits per heavy atom. The highest BCUT2D eigenvalue weighted by Crippen LogP contribution is 2.19. The molecule has 0 radical (unpaired) electrons. The van der Waals surface area contributed by atoms with Crippen LogP contribution < -0.4 is 5.56 Å². The maximum Gasteiger partial charge on any atom is 0.252 e. The van der Waals surface area contributed by atoms with Gasteiger partial charge in [-0.3, -0.25) is 4.79 Å². The van der Waals surface area contributed by atoms with Crippen LogP contribution in [0.25, 0.3) is 11.0 Å². The first kappa shape index (κ1) is 10.8. The molecule has 0 atom stereocenters. The average Bonchev–Trinajstić information content (AvgIpc) is 2.17. The van der Waals surface area contributed by atoms with Gasteiger partial charge in [0, 0.05) is 17.1 Å². The van der Waals surface area contributed by atoms with Crippen LogP contribution in [0.3, 0.4) is 0 Å². The summed E-state index contributed by atoms with van der Waals surface area (Å²) in [4.78, 5) is 22.5. The van der Waals surface area contributed by atoms with Crippen molar-refractivity contribution in [1.29, 1.82) is 0 Å². The van der Waals surface area contributed by atoms with Gasteiger partial charge in [-0.1, -0.05) is 20.8 Å². The minimum atomic E-state index is -0.0545. The van der Waals surface area contributed by atoms with E-state index in [1.54, 1.807) is 6.20 Å². The molecule has 0 aliphatic heterocycles. The Balaban J connectivity index is 2.55. The van der Waals surface area contributed by atoms with Crippen molar-refractivity contribution in [2.75, 3.05) is 0 Å². The van der Waals surface area contributed by atoms with E-state index in [0.29, 0.717) is 5.65 Å². The van der Waals surface area contributed by atoms with Crippen molar-refractivity contribution < 1.29 is 0 Å². The third-order valence-electron chi connectivity index (χ3n) is 2.31. The van der Waals surface area contributed by atoms with Crippen molar-refractivity contribution in [2.45, 2.75) is 27.2 Å². The Labute approximate surface area is 93.8 Å². The first-order valence-electron chi connectivity index (χ1n) is 5.28. The van der Waals surface area contributed by atoms with Crippen molar-refractivity contribution >= 4 is 11.0 Å². The van der Waals surface area contributed by atoms with E-state index in [4.69, 9.17) is 0 Å². The predicted octanol–water partition coefficient (Wildman–Crippen LogP) is 1.91. The van der Waals surface area contributed by atoms with Gasteiger partial charge >= 0.3 is 0 Å². The van der Waals surface area contributed by atoms with Crippen LogP contribution in [0.1, 0.15) is 26.3 Å². The normalized spacial score (nSPS) is 11.9. The summed E-state index contributed by atoms with van der Waals surface area (Å²) < 4.78 is 0. The molecule has 0 amide bonds. The monoisotopic (exact) mass is 217 g/mol. The number of nitrogens with zero attached hydrogens (tertiary/aromatic N) is 2. The molecule has 0 spiro atoms. The van der Waals surface area contributed by atoms with Crippen LogP contribution in [0.5, 0.6) is 0 Å². The van der Waals surface area contributed by atoms with E-state index in [9.17, 15) is 4.79 Å². The van der Waals surface area contributed by atoms with E-state index < -0.39 is 0 Å². The van der Waals surface area contributed by atoms with Crippen LogP contribution in [0.15, 0.2) is 23.4 Å². The molecule has 2 aromatic heterocycles. The molecule has 2 aromatic rings. The number of H-pyrrole nitrogens is 1. The zero-order valence-corrected chi connectivity index (χ0v) is 9.74. The number of rotatable bonds is 1. The Hall–Kier alpha value is -1.71. The minimum absolute atomic E-state index is 0.0545. The van der Waals surface area contributed by atoms with Gasteiger partial charge in [0.15, 0.2) is 0 Å². The predicted molar refractivity (Wildman–Crippen MR) is 63.3 cm³/mol. The minimum Gasteiger partial charge on any atom is -0.306 e. The Kier molecular flexibility index (Phi) is 2.50. The van der Waals surface area contributed by atoms with Crippen molar-refractivity contribution in [3.05, 3.63) is 34.5 Å². The van der Waals surface area contributed by atoms with Crippen molar-refractivity contribution in [1.82, 2.24) is 15.0 Å². The lowest BCUT2D eigenvalue weighted by atomic mass is 9.88. The fraction of sp³-hybridized carbons (Fsp3) is 0.417. The highest BCUT2D eigenvalue weighted by molar-refractivity contribution is 5.73. The van der Waals surface area contributed by atoms with Crippen LogP contribution >= 0.6 is 0 Å². The van der Waals surface area contributed by atoms with E-state index >= 15 is 0 Å². The van der Waals surface area contributed by atoms with Gasteiger partial charge < -0.3 is 4.98 Å². The molecule has 0 aliphatic carbocycles. The summed E-state index contributed by atoms with van der Waals surface area (Å²) in [7, 11) is 0. The van der Waals surface area contributed by atoms with Crippen molar-refractivity contribution in [3.8, 4) is 0 Å². The highest BCUT2D eigenvalue weighted by Gasteiger charge is 2.14. The Morgan fingerprint density at radius 1 is 1.38 bits per heavy atom. The third-order valence-corrected chi connectivity index (χ3v) is 2.31. The summed E-state index contributed by atoms with van der Waals surface area (Å²) in [5, 5.41) is 0.876. The van der Waals surface area contributed by atoms with Gasteiger partial charge in [0.25, 0.3) is 5.56 Å². The molecule has 16 heavy (non-hydrogen) atoms. The van der Waals surface area contributed by atoms with Crippen LogP contribution in [0, 0.1) is 5.41 Å². The molecule has 4 heteroatoms. The van der Waals surface area contributed by atoms with Gasteiger partial charge in [-0.2, -0.15) is 0 Å². The average molecular weight is 217 g/mol. The van der Waals surface area contributed by atoms with Gasteiger partial charge in [-0.15, -0.1) is 0 Å². The maximum absolute atomic E-state index is 11.8. The molecule has 1 N–H and O–H groups in total. The lowest BCUT2D eigenvalue weighted by Gasteiger charge is -2.17. The van der Waals surface area contributed by atoms with Gasteiger partial charge in [-0.25, -0.2) is 9.97 Å². The van der Waals surface area contributed by atoms with Crippen molar-refractivity contribution in [3.63, 3.8) is 0 Å². The Morgan fingerprint density at radius 2 is 2.12 bits per heavy atom.